The number of anilines is 1. The van der Waals surface area contributed by atoms with Crippen LogP contribution in [0.5, 0.6) is 0 Å². The summed E-state index contributed by atoms with van der Waals surface area (Å²) in [7, 11) is -3.57. The van der Waals surface area contributed by atoms with Gasteiger partial charge in [-0.2, -0.15) is 0 Å². The maximum absolute atomic E-state index is 12.2. The number of hydrogen-bond donors (Lipinski definition) is 3. The number of amides is 1. The third-order valence-corrected chi connectivity index (χ3v) is 5.07. The topological polar surface area (TPSA) is 95.5 Å². The van der Waals surface area contributed by atoms with Gasteiger partial charge in [-0.15, -0.1) is 0 Å². The Morgan fingerprint density at radius 1 is 1.04 bits per heavy atom. The molecule has 0 bridgehead atoms. The van der Waals surface area contributed by atoms with Crippen molar-refractivity contribution in [2.45, 2.75) is 24.7 Å². The Bertz CT molecular complexity index is 817. The van der Waals surface area contributed by atoms with Gasteiger partial charge in [0.25, 0.3) is 0 Å². The summed E-state index contributed by atoms with van der Waals surface area (Å²) < 4.78 is 27.0. The van der Waals surface area contributed by atoms with Crippen LogP contribution in [0.15, 0.2) is 53.4 Å². The van der Waals surface area contributed by atoms with Crippen LogP contribution in [0, 0.1) is 0 Å². The Labute approximate surface area is 147 Å². The van der Waals surface area contributed by atoms with Crippen molar-refractivity contribution in [2.24, 2.45) is 0 Å². The average molecular weight is 362 g/mol. The van der Waals surface area contributed by atoms with E-state index >= 15 is 0 Å². The lowest BCUT2D eigenvalue weighted by molar-refractivity contribution is -0.114. The van der Waals surface area contributed by atoms with Crippen LogP contribution < -0.4 is 10.0 Å². The van der Waals surface area contributed by atoms with Gasteiger partial charge in [-0.05, 0) is 36.6 Å². The van der Waals surface area contributed by atoms with Gasteiger partial charge in [0.2, 0.25) is 15.9 Å². The number of unbranched alkanes of at least 4 members (excludes halogenated alkanes) is 1. The molecule has 0 saturated carbocycles. The van der Waals surface area contributed by atoms with E-state index in [0.717, 1.165) is 11.1 Å². The number of hydrogen-bond acceptors (Lipinski definition) is 4. The minimum absolute atomic E-state index is 0.0458. The van der Waals surface area contributed by atoms with Crippen molar-refractivity contribution in [2.75, 3.05) is 18.5 Å². The zero-order valence-corrected chi connectivity index (χ0v) is 14.8. The lowest BCUT2D eigenvalue weighted by atomic mass is 10.0. The lowest BCUT2D eigenvalue weighted by Crippen LogP contribution is -2.24. The van der Waals surface area contributed by atoms with E-state index in [9.17, 15) is 13.2 Å². The van der Waals surface area contributed by atoms with Crippen molar-refractivity contribution >= 4 is 21.6 Å². The minimum Gasteiger partial charge on any atom is -0.396 e. The molecule has 0 saturated heterocycles. The molecule has 0 radical (unpaired) electrons. The van der Waals surface area contributed by atoms with Crippen LogP contribution in [0.25, 0.3) is 11.1 Å². The van der Waals surface area contributed by atoms with Crippen LogP contribution in [0.1, 0.15) is 19.8 Å². The molecule has 0 atom stereocenters. The highest BCUT2D eigenvalue weighted by atomic mass is 32.2. The van der Waals surface area contributed by atoms with E-state index in [0.29, 0.717) is 18.5 Å². The Hall–Kier alpha value is -2.22. The van der Waals surface area contributed by atoms with Crippen LogP contribution in [0.2, 0.25) is 0 Å². The third kappa shape index (κ3) is 5.38. The van der Waals surface area contributed by atoms with Gasteiger partial charge in [0.05, 0.1) is 4.90 Å². The van der Waals surface area contributed by atoms with Crippen molar-refractivity contribution < 1.29 is 18.3 Å². The van der Waals surface area contributed by atoms with E-state index < -0.39 is 10.0 Å². The Morgan fingerprint density at radius 2 is 1.72 bits per heavy atom. The molecule has 2 aromatic carbocycles. The Balaban J connectivity index is 2.19. The molecule has 0 aromatic heterocycles. The van der Waals surface area contributed by atoms with Gasteiger partial charge < -0.3 is 10.4 Å². The number of sulfonamides is 1. The highest BCUT2D eigenvalue weighted by molar-refractivity contribution is 7.89. The second kappa shape index (κ2) is 8.75. The zero-order valence-electron chi connectivity index (χ0n) is 14.0. The normalized spacial score (nSPS) is 11.3. The molecule has 7 heteroatoms. The molecule has 25 heavy (non-hydrogen) atoms. The van der Waals surface area contributed by atoms with Crippen LogP contribution in [-0.2, 0) is 14.8 Å². The fourth-order valence-electron chi connectivity index (χ4n) is 2.37. The first-order chi connectivity index (χ1) is 11.9. The third-order valence-electron chi connectivity index (χ3n) is 3.59. The SMILES string of the molecule is CC(=O)Nc1ccccc1-c1ccc(S(=O)(=O)NCCCCO)cc1. The molecule has 6 nitrogen and oxygen atoms in total. The highest BCUT2D eigenvalue weighted by Crippen LogP contribution is 2.28. The number of carbonyl (C=O) groups excluding carboxylic acids is 1. The van der Waals surface area contributed by atoms with Crippen molar-refractivity contribution in [3.05, 3.63) is 48.5 Å². The molecule has 0 spiro atoms. The molecule has 0 aliphatic rings. The molecule has 1 amide bonds. The predicted molar refractivity (Wildman–Crippen MR) is 97.7 cm³/mol. The van der Waals surface area contributed by atoms with Crippen LogP contribution in [0.3, 0.4) is 0 Å². The average Bonchev–Trinajstić information content (AvgIpc) is 2.59. The summed E-state index contributed by atoms with van der Waals surface area (Å²) in [6.45, 7) is 1.77. The van der Waals surface area contributed by atoms with E-state index in [1.165, 1.54) is 19.1 Å². The predicted octanol–water partition coefficient (Wildman–Crippen LogP) is 2.36. The summed E-state index contributed by atoms with van der Waals surface area (Å²) in [5.41, 5.74) is 2.30. The minimum atomic E-state index is -3.57. The largest absolute Gasteiger partial charge is 0.396 e. The standard InChI is InChI=1S/C18H22N2O4S/c1-14(22)20-18-7-3-2-6-17(18)15-8-10-16(11-9-15)25(23,24)19-12-4-5-13-21/h2-3,6-11,19,21H,4-5,12-13H2,1H3,(H,20,22). The highest BCUT2D eigenvalue weighted by Gasteiger charge is 2.14. The van der Waals surface area contributed by atoms with Crippen LogP contribution >= 0.6 is 0 Å². The monoisotopic (exact) mass is 362 g/mol. The number of benzene rings is 2. The number of rotatable bonds is 8. The quantitative estimate of drug-likeness (QED) is 0.628. The summed E-state index contributed by atoms with van der Waals surface area (Å²) in [6, 6.07) is 13.8. The van der Waals surface area contributed by atoms with Gasteiger partial charge in [0.1, 0.15) is 0 Å². The van der Waals surface area contributed by atoms with Crippen LogP contribution in [-0.4, -0.2) is 32.6 Å². The van der Waals surface area contributed by atoms with Gasteiger partial charge in [-0.1, -0.05) is 30.3 Å². The Kier molecular flexibility index (Phi) is 6.69. The summed E-state index contributed by atoms with van der Waals surface area (Å²) in [4.78, 5) is 11.5. The van der Waals surface area contributed by atoms with E-state index in [-0.39, 0.29) is 24.0 Å². The molecule has 0 aliphatic carbocycles. The number of para-hydroxylation sites is 1. The first-order valence-corrected chi connectivity index (χ1v) is 9.50. The molecule has 0 heterocycles. The van der Waals surface area contributed by atoms with Crippen molar-refractivity contribution in [1.82, 2.24) is 4.72 Å². The lowest BCUT2D eigenvalue weighted by Gasteiger charge is -2.11. The van der Waals surface area contributed by atoms with E-state index in [1.807, 2.05) is 18.2 Å². The van der Waals surface area contributed by atoms with Crippen molar-refractivity contribution in [3.63, 3.8) is 0 Å². The van der Waals surface area contributed by atoms with E-state index in [1.54, 1.807) is 18.2 Å². The molecular weight excluding hydrogens is 340 g/mol. The van der Waals surface area contributed by atoms with Gasteiger partial charge in [0, 0.05) is 31.3 Å². The van der Waals surface area contributed by atoms with Crippen molar-refractivity contribution in [3.8, 4) is 11.1 Å². The molecule has 134 valence electrons. The first kappa shape index (κ1) is 19.1. The van der Waals surface area contributed by atoms with Gasteiger partial charge >= 0.3 is 0 Å². The molecule has 3 N–H and O–H groups in total. The van der Waals surface area contributed by atoms with Gasteiger partial charge in [-0.3, -0.25) is 4.79 Å². The van der Waals surface area contributed by atoms with E-state index in [4.69, 9.17) is 5.11 Å². The van der Waals surface area contributed by atoms with Crippen molar-refractivity contribution in [1.29, 1.82) is 0 Å². The smallest absolute Gasteiger partial charge is 0.240 e. The Morgan fingerprint density at radius 3 is 2.36 bits per heavy atom. The molecule has 2 aromatic rings. The van der Waals surface area contributed by atoms with E-state index in [2.05, 4.69) is 10.0 Å². The summed E-state index contributed by atoms with van der Waals surface area (Å²) in [6.07, 6.45) is 1.14. The fraction of sp³-hybridized carbons (Fsp3) is 0.278. The van der Waals surface area contributed by atoms with Gasteiger partial charge in [0.15, 0.2) is 0 Å². The maximum Gasteiger partial charge on any atom is 0.240 e. The number of carbonyl (C=O) groups is 1. The first-order valence-electron chi connectivity index (χ1n) is 8.01. The molecule has 0 unspecified atom stereocenters. The zero-order chi connectivity index (χ0) is 18.3. The summed E-state index contributed by atoms with van der Waals surface area (Å²) in [5.74, 6) is -0.168. The number of aliphatic hydroxyl groups excluding tert-OH is 1. The second-order valence-corrected chi connectivity index (χ2v) is 7.35. The molecule has 0 aliphatic heterocycles. The van der Waals surface area contributed by atoms with Gasteiger partial charge in [-0.25, -0.2) is 13.1 Å². The molecule has 0 fully saturated rings. The number of aliphatic hydroxyl groups is 1. The number of nitrogens with one attached hydrogen (secondary N) is 2. The van der Waals surface area contributed by atoms with Crippen LogP contribution in [0.4, 0.5) is 5.69 Å². The summed E-state index contributed by atoms with van der Waals surface area (Å²) >= 11 is 0. The molecule has 2 rings (SSSR count). The molecular formula is C18H22N2O4S. The second-order valence-electron chi connectivity index (χ2n) is 5.58. The fourth-order valence-corrected chi connectivity index (χ4v) is 3.45. The maximum atomic E-state index is 12.2. The summed E-state index contributed by atoms with van der Waals surface area (Å²) in [5, 5.41) is 11.5.